The highest BCUT2D eigenvalue weighted by Gasteiger charge is 2.13. The Morgan fingerprint density at radius 2 is 1.67 bits per heavy atom. The van der Waals surface area contributed by atoms with Gasteiger partial charge >= 0.3 is 0 Å². The Bertz CT molecular complexity index is 328. The van der Waals surface area contributed by atoms with Crippen LogP contribution in [0, 0.1) is 13.8 Å². The maximum absolute atomic E-state index is 10.1. The van der Waals surface area contributed by atoms with Crippen LogP contribution >= 0.6 is 0 Å². The third kappa shape index (κ3) is 5.26. The summed E-state index contributed by atoms with van der Waals surface area (Å²) < 4.78 is 5.45. The lowest BCUT2D eigenvalue weighted by molar-refractivity contribution is 0.161. The van der Waals surface area contributed by atoms with Gasteiger partial charge in [0, 0.05) is 5.56 Å². The van der Waals surface area contributed by atoms with E-state index in [4.69, 9.17) is 4.42 Å². The predicted octanol–water partition coefficient (Wildman–Crippen LogP) is 5.07. The van der Waals surface area contributed by atoms with Crippen LogP contribution in [0.15, 0.2) is 10.5 Å². The standard InChI is InChI=1S/C16H28O2/c1-4-5-6-7-8-9-10-11-16(17)15-12-13(2)18-14(15)3/h12,16-17H,4-11H2,1-3H3. The van der Waals surface area contributed by atoms with E-state index >= 15 is 0 Å². The fourth-order valence-corrected chi connectivity index (χ4v) is 2.43. The lowest BCUT2D eigenvalue weighted by atomic mass is 10.0. The third-order valence-electron chi connectivity index (χ3n) is 3.52. The summed E-state index contributed by atoms with van der Waals surface area (Å²) in [6.07, 6.45) is 9.51. The second-order valence-corrected chi connectivity index (χ2v) is 5.29. The average molecular weight is 252 g/mol. The van der Waals surface area contributed by atoms with Crippen LogP contribution in [0.3, 0.4) is 0 Å². The molecule has 104 valence electrons. The molecule has 0 bridgehead atoms. The van der Waals surface area contributed by atoms with Crippen molar-refractivity contribution in [2.24, 2.45) is 0 Å². The van der Waals surface area contributed by atoms with E-state index < -0.39 is 0 Å². The molecule has 2 nitrogen and oxygen atoms in total. The van der Waals surface area contributed by atoms with Gasteiger partial charge in [-0.15, -0.1) is 0 Å². The first kappa shape index (κ1) is 15.3. The molecule has 1 N–H and O–H groups in total. The van der Waals surface area contributed by atoms with Gasteiger partial charge in [0.25, 0.3) is 0 Å². The Morgan fingerprint density at radius 1 is 1.06 bits per heavy atom. The van der Waals surface area contributed by atoms with Gasteiger partial charge in [-0.2, -0.15) is 0 Å². The lowest BCUT2D eigenvalue weighted by Crippen LogP contribution is -1.97. The quantitative estimate of drug-likeness (QED) is 0.622. The molecular weight excluding hydrogens is 224 g/mol. The van der Waals surface area contributed by atoms with E-state index in [2.05, 4.69) is 6.92 Å². The number of rotatable bonds is 9. The van der Waals surface area contributed by atoms with Crippen molar-refractivity contribution >= 4 is 0 Å². The molecule has 0 spiro atoms. The third-order valence-corrected chi connectivity index (χ3v) is 3.52. The average Bonchev–Trinajstić information content (AvgIpc) is 2.67. The molecule has 1 rings (SSSR count). The van der Waals surface area contributed by atoms with Gasteiger partial charge in [-0.05, 0) is 26.3 Å². The van der Waals surface area contributed by atoms with Crippen LogP contribution in [-0.2, 0) is 0 Å². The topological polar surface area (TPSA) is 33.4 Å². The first-order valence-electron chi connectivity index (χ1n) is 7.40. The largest absolute Gasteiger partial charge is 0.466 e. The van der Waals surface area contributed by atoms with E-state index in [0.717, 1.165) is 29.9 Å². The number of furan rings is 1. The molecule has 1 atom stereocenters. The van der Waals surface area contributed by atoms with Crippen LogP contribution in [0.5, 0.6) is 0 Å². The predicted molar refractivity (Wildman–Crippen MR) is 75.8 cm³/mol. The zero-order chi connectivity index (χ0) is 13.4. The van der Waals surface area contributed by atoms with Gasteiger partial charge in [-0.1, -0.05) is 51.9 Å². The molecule has 0 saturated heterocycles. The van der Waals surface area contributed by atoms with Crippen molar-refractivity contribution in [3.8, 4) is 0 Å². The highest BCUT2D eigenvalue weighted by atomic mass is 16.3. The molecule has 1 heterocycles. The van der Waals surface area contributed by atoms with Crippen LogP contribution in [0.1, 0.15) is 81.5 Å². The van der Waals surface area contributed by atoms with E-state index in [-0.39, 0.29) is 6.10 Å². The number of hydrogen-bond acceptors (Lipinski definition) is 2. The molecule has 0 radical (unpaired) electrons. The lowest BCUT2D eigenvalue weighted by Gasteiger charge is -2.09. The van der Waals surface area contributed by atoms with Crippen molar-refractivity contribution in [3.05, 3.63) is 23.2 Å². The zero-order valence-electron chi connectivity index (χ0n) is 12.2. The van der Waals surface area contributed by atoms with E-state index in [0.29, 0.717) is 0 Å². The number of aliphatic hydroxyl groups excluding tert-OH is 1. The van der Waals surface area contributed by atoms with Crippen molar-refractivity contribution in [2.45, 2.75) is 78.2 Å². The van der Waals surface area contributed by atoms with Gasteiger partial charge in [0.15, 0.2) is 0 Å². The molecule has 0 aliphatic carbocycles. The van der Waals surface area contributed by atoms with E-state index in [1.54, 1.807) is 0 Å². The number of aliphatic hydroxyl groups is 1. The summed E-state index contributed by atoms with van der Waals surface area (Å²) in [5, 5.41) is 10.1. The van der Waals surface area contributed by atoms with Crippen molar-refractivity contribution < 1.29 is 9.52 Å². The smallest absolute Gasteiger partial charge is 0.106 e. The van der Waals surface area contributed by atoms with Crippen LogP contribution in [0.4, 0.5) is 0 Å². The van der Waals surface area contributed by atoms with Gasteiger partial charge in [0.1, 0.15) is 11.5 Å². The van der Waals surface area contributed by atoms with Crippen LogP contribution in [-0.4, -0.2) is 5.11 Å². The highest BCUT2D eigenvalue weighted by molar-refractivity contribution is 5.22. The molecule has 0 aromatic carbocycles. The molecule has 0 amide bonds. The molecule has 2 heteroatoms. The van der Waals surface area contributed by atoms with Crippen LogP contribution in [0.2, 0.25) is 0 Å². The molecule has 18 heavy (non-hydrogen) atoms. The van der Waals surface area contributed by atoms with Gasteiger partial charge < -0.3 is 9.52 Å². The summed E-state index contributed by atoms with van der Waals surface area (Å²) in [5.74, 6) is 1.75. The van der Waals surface area contributed by atoms with Gasteiger partial charge in [-0.3, -0.25) is 0 Å². The molecule has 1 aromatic rings. The molecule has 1 aromatic heterocycles. The Hall–Kier alpha value is -0.760. The SMILES string of the molecule is CCCCCCCCCC(O)c1cc(C)oc1C. The minimum atomic E-state index is -0.349. The molecule has 1 unspecified atom stereocenters. The van der Waals surface area contributed by atoms with E-state index in [1.807, 2.05) is 19.9 Å². The van der Waals surface area contributed by atoms with Crippen molar-refractivity contribution in [3.63, 3.8) is 0 Å². The first-order chi connectivity index (χ1) is 8.65. The normalized spacial score (nSPS) is 12.9. The number of hydrogen-bond donors (Lipinski definition) is 1. The monoisotopic (exact) mass is 252 g/mol. The van der Waals surface area contributed by atoms with Crippen LogP contribution in [0.25, 0.3) is 0 Å². The zero-order valence-corrected chi connectivity index (χ0v) is 12.2. The number of aryl methyl sites for hydroxylation is 2. The molecule has 0 aliphatic heterocycles. The Balaban J connectivity index is 2.14. The van der Waals surface area contributed by atoms with Gasteiger partial charge in [0.2, 0.25) is 0 Å². The fraction of sp³-hybridized carbons (Fsp3) is 0.750. The maximum Gasteiger partial charge on any atom is 0.106 e. The second kappa shape index (κ2) is 8.36. The Labute approximate surface area is 111 Å². The summed E-state index contributed by atoms with van der Waals surface area (Å²) in [6.45, 7) is 6.10. The minimum absolute atomic E-state index is 0.349. The summed E-state index contributed by atoms with van der Waals surface area (Å²) in [4.78, 5) is 0. The highest BCUT2D eigenvalue weighted by Crippen LogP contribution is 2.25. The fourth-order valence-electron chi connectivity index (χ4n) is 2.43. The van der Waals surface area contributed by atoms with Crippen LogP contribution < -0.4 is 0 Å². The van der Waals surface area contributed by atoms with Crippen molar-refractivity contribution in [2.75, 3.05) is 0 Å². The molecule has 0 aliphatic rings. The second-order valence-electron chi connectivity index (χ2n) is 5.29. The summed E-state index contributed by atoms with van der Waals surface area (Å²) >= 11 is 0. The molecular formula is C16H28O2. The summed E-state index contributed by atoms with van der Waals surface area (Å²) in [6, 6.07) is 1.96. The number of unbranched alkanes of at least 4 members (excludes halogenated alkanes) is 6. The summed E-state index contributed by atoms with van der Waals surface area (Å²) in [5.41, 5.74) is 0.971. The summed E-state index contributed by atoms with van der Waals surface area (Å²) in [7, 11) is 0. The Kier molecular flexibility index (Phi) is 7.11. The molecule has 0 saturated carbocycles. The van der Waals surface area contributed by atoms with E-state index in [9.17, 15) is 5.11 Å². The first-order valence-corrected chi connectivity index (χ1v) is 7.40. The van der Waals surface area contributed by atoms with Crippen molar-refractivity contribution in [1.29, 1.82) is 0 Å². The maximum atomic E-state index is 10.1. The van der Waals surface area contributed by atoms with Gasteiger partial charge in [0.05, 0.1) is 6.10 Å². The van der Waals surface area contributed by atoms with E-state index in [1.165, 1.54) is 38.5 Å². The van der Waals surface area contributed by atoms with Crippen molar-refractivity contribution in [1.82, 2.24) is 0 Å². The Morgan fingerprint density at radius 3 is 2.22 bits per heavy atom. The van der Waals surface area contributed by atoms with Gasteiger partial charge in [-0.25, -0.2) is 0 Å². The molecule has 0 fully saturated rings. The minimum Gasteiger partial charge on any atom is -0.466 e.